The fourth-order valence-electron chi connectivity index (χ4n) is 3.24. The van der Waals surface area contributed by atoms with Crippen molar-refractivity contribution in [3.8, 4) is 0 Å². The summed E-state index contributed by atoms with van der Waals surface area (Å²) in [6.45, 7) is 13.0. The molecule has 0 aromatic heterocycles. The molecule has 2 fully saturated rings. The number of hydrogen-bond donors (Lipinski definition) is 0. The quantitative estimate of drug-likeness (QED) is 0.712. The van der Waals surface area contributed by atoms with Crippen molar-refractivity contribution in [3.63, 3.8) is 0 Å². The average molecular weight is 256 g/mol. The Hall–Kier alpha value is -0.150. The summed E-state index contributed by atoms with van der Waals surface area (Å²) in [5.74, 6) is 0.253. The molecule has 0 amide bonds. The number of rotatable bonds is 1. The van der Waals surface area contributed by atoms with Gasteiger partial charge < -0.3 is 0 Å². The third-order valence-corrected chi connectivity index (χ3v) is 4.76. The maximum absolute atomic E-state index is 13.9. The van der Waals surface area contributed by atoms with E-state index in [1.807, 2.05) is 6.92 Å². The lowest BCUT2D eigenvalue weighted by Gasteiger charge is -2.47. The van der Waals surface area contributed by atoms with Crippen LogP contribution in [0, 0.1) is 5.92 Å². The number of hydrogen-bond acceptors (Lipinski definition) is 2. The number of alkyl halides is 1. The average Bonchev–Trinajstić information content (AvgIpc) is 2.32. The van der Waals surface area contributed by atoms with Crippen LogP contribution in [-0.2, 0) is 0 Å². The van der Waals surface area contributed by atoms with Crippen molar-refractivity contribution in [2.45, 2.75) is 64.7 Å². The Kier molecular flexibility index (Phi) is 4.32. The fraction of sp³-hybridized carbons (Fsp3) is 1.00. The highest BCUT2D eigenvalue weighted by Crippen LogP contribution is 2.27. The lowest BCUT2D eigenvalue weighted by atomic mass is 9.92. The minimum Gasteiger partial charge on any atom is -0.297 e. The molecule has 18 heavy (non-hydrogen) atoms. The molecule has 106 valence electrons. The van der Waals surface area contributed by atoms with Gasteiger partial charge in [0.25, 0.3) is 0 Å². The van der Waals surface area contributed by atoms with Gasteiger partial charge in [-0.2, -0.15) is 0 Å². The highest BCUT2D eigenvalue weighted by molar-refractivity contribution is 4.89. The van der Waals surface area contributed by atoms with Gasteiger partial charge in [-0.3, -0.25) is 9.80 Å². The summed E-state index contributed by atoms with van der Waals surface area (Å²) in [4.78, 5) is 4.97. The second-order valence-corrected chi connectivity index (χ2v) is 7.19. The van der Waals surface area contributed by atoms with Crippen molar-refractivity contribution >= 4 is 0 Å². The van der Waals surface area contributed by atoms with Crippen molar-refractivity contribution in [2.24, 2.45) is 5.92 Å². The molecule has 2 heterocycles. The number of halogens is 1. The van der Waals surface area contributed by atoms with E-state index in [2.05, 4.69) is 30.6 Å². The molecule has 0 saturated carbocycles. The van der Waals surface area contributed by atoms with Gasteiger partial charge in [-0.05, 0) is 59.0 Å². The van der Waals surface area contributed by atoms with Crippen LogP contribution in [0.2, 0.25) is 0 Å². The van der Waals surface area contributed by atoms with Gasteiger partial charge in [0.15, 0.2) is 0 Å². The van der Waals surface area contributed by atoms with Crippen molar-refractivity contribution in [2.75, 3.05) is 26.2 Å². The smallest absolute Gasteiger partial charge is 0.115 e. The first-order chi connectivity index (χ1) is 8.38. The van der Waals surface area contributed by atoms with E-state index in [9.17, 15) is 4.39 Å². The molecule has 2 aliphatic rings. The highest BCUT2D eigenvalue weighted by Gasteiger charge is 2.34. The lowest BCUT2D eigenvalue weighted by molar-refractivity contribution is 0.00640. The molecule has 0 aromatic rings. The molecule has 0 aromatic carbocycles. The SMILES string of the molecule is C[C@H]1CCN(C2CCCN(C(C)(C)C)C2)C[C@H]1F. The van der Waals surface area contributed by atoms with Crippen LogP contribution in [-0.4, -0.2) is 53.7 Å². The highest BCUT2D eigenvalue weighted by atomic mass is 19.1. The Morgan fingerprint density at radius 1 is 1.06 bits per heavy atom. The molecule has 2 rings (SSSR count). The molecule has 2 nitrogen and oxygen atoms in total. The number of nitrogens with zero attached hydrogens (tertiary/aromatic N) is 2. The molecule has 0 spiro atoms. The van der Waals surface area contributed by atoms with Crippen molar-refractivity contribution in [1.29, 1.82) is 0 Å². The van der Waals surface area contributed by atoms with Crippen molar-refractivity contribution in [1.82, 2.24) is 9.80 Å². The van der Waals surface area contributed by atoms with Crippen LogP contribution < -0.4 is 0 Å². The van der Waals surface area contributed by atoms with Crippen LogP contribution in [0.4, 0.5) is 4.39 Å². The zero-order chi connectivity index (χ0) is 13.3. The first kappa shape index (κ1) is 14.3. The van der Waals surface area contributed by atoms with Crippen LogP contribution in [0.15, 0.2) is 0 Å². The molecule has 0 bridgehead atoms. The topological polar surface area (TPSA) is 6.48 Å². The van der Waals surface area contributed by atoms with Gasteiger partial charge in [0.2, 0.25) is 0 Å². The maximum atomic E-state index is 13.9. The molecule has 0 aliphatic carbocycles. The zero-order valence-corrected chi connectivity index (χ0v) is 12.5. The molecule has 3 atom stereocenters. The molecular formula is C15H29FN2. The van der Waals surface area contributed by atoms with E-state index >= 15 is 0 Å². The lowest BCUT2D eigenvalue weighted by Crippen LogP contribution is -2.56. The van der Waals surface area contributed by atoms with Gasteiger partial charge in [0, 0.05) is 24.7 Å². The second kappa shape index (κ2) is 5.46. The Labute approximate surface area is 112 Å². The molecule has 3 heteroatoms. The summed E-state index contributed by atoms with van der Waals surface area (Å²) in [7, 11) is 0. The molecule has 2 aliphatic heterocycles. The molecule has 2 saturated heterocycles. The zero-order valence-electron chi connectivity index (χ0n) is 12.5. The summed E-state index contributed by atoms with van der Waals surface area (Å²) in [6, 6.07) is 0.573. The van der Waals surface area contributed by atoms with Crippen LogP contribution in [0.1, 0.15) is 47.0 Å². The normalized spacial score (nSPS) is 36.8. The summed E-state index contributed by atoms with van der Waals surface area (Å²) >= 11 is 0. The largest absolute Gasteiger partial charge is 0.297 e. The minimum atomic E-state index is -0.622. The number of likely N-dealkylation sites (tertiary alicyclic amines) is 2. The van der Waals surface area contributed by atoms with E-state index in [0.29, 0.717) is 12.6 Å². The first-order valence-corrected chi connectivity index (χ1v) is 7.51. The van der Waals surface area contributed by atoms with Crippen LogP contribution >= 0.6 is 0 Å². The Morgan fingerprint density at radius 2 is 1.78 bits per heavy atom. The fourth-order valence-corrected chi connectivity index (χ4v) is 3.24. The molecule has 0 N–H and O–H groups in total. The summed E-state index contributed by atoms with van der Waals surface area (Å²) in [6.07, 6.45) is 2.90. The van der Waals surface area contributed by atoms with E-state index in [4.69, 9.17) is 0 Å². The van der Waals surface area contributed by atoms with E-state index < -0.39 is 6.17 Å². The van der Waals surface area contributed by atoms with Crippen molar-refractivity contribution < 1.29 is 4.39 Å². The Bertz CT molecular complexity index is 274. The monoisotopic (exact) mass is 256 g/mol. The number of piperidine rings is 2. The predicted octanol–water partition coefficient (Wildman–Crippen LogP) is 2.93. The van der Waals surface area contributed by atoms with Gasteiger partial charge in [-0.15, -0.1) is 0 Å². The van der Waals surface area contributed by atoms with Gasteiger partial charge >= 0.3 is 0 Å². The Morgan fingerprint density at radius 3 is 2.39 bits per heavy atom. The third-order valence-electron chi connectivity index (χ3n) is 4.76. The minimum absolute atomic E-state index is 0.247. The van der Waals surface area contributed by atoms with Gasteiger partial charge in [0.05, 0.1) is 0 Å². The molecular weight excluding hydrogens is 227 g/mol. The van der Waals surface area contributed by atoms with Crippen LogP contribution in [0.3, 0.4) is 0 Å². The van der Waals surface area contributed by atoms with Gasteiger partial charge in [-0.1, -0.05) is 6.92 Å². The second-order valence-electron chi connectivity index (χ2n) is 7.19. The molecule has 0 radical (unpaired) electrons. The predicted molar refractivity (Wildman–Crippen MR) is 74.6 cm³/mol. The van der Waals surface area contributed by atoms with Crippen LogP contribution in [0.25, 0.3) is 0 Å². The standard InChI is InChI=1S/C15H29FN2/c1-12-7-9-17(11-14(12)16)13-6-5-8-18(10-13)15(2,3)4/h12-14H,5-11H2,1-4H3/t12-,13?,14+/m0/s1. The summed E-state index contributed by atoms with van der Waals surface area (Å²) < 4.78 is 13.9. The van der Waals surface area contributed by atoms with Gasteiger partial charge in [0.1, 0.15) is 6.17 Å². The van der Waals surface area contributed by atoms with E-state index in [0.717, 1.165) is 19.5 Å². The van der Waals surface area contributed by atoms with E-state index in [1.165, 1.54) is 19.4 Å². The maximum Gasteiger partial charge on any atom is 0.115 e. The van der Waals surface area contributed by atoms with Gasteiger partial charge in [-0.25, -0.2) is 4.39 Å². The van der Waals surface area contributed by atoms with Crippen LogP contribution in [0.5, 0.6) is 0 Å². The van der Waals surface area contributed by atoms with E-state index in [1.54, 1.807) is 0 Å². The Balaban J connectivity index is 1.93. The van der Waals surface area contributed by atoms with E-state index in [-0.39, 0.29) is 11.5 Å². The summed E-state index contributed by atoms with van der Waals surface area (Å²) in [5.41, 5.74) is 0.247. The van der Waals surface area contributed by atoms with Crippen molar-refractivity contribution in [3.05, 3.63) is 0 Å². The third kappa shape index (κ3) is 3.24. The molecule has 1 unspecified atom stereocenters. The summed E-state index contributed by atoms with van der Waals surface area (Å²) in [5, 5.41) is 0. The first-order valence-electron chi connectivity index (χ1n) is 7.51.